The van der Waals surface area contributed by atoms with Crippen molar-refractivity contribution >= 4 is 43.4 Å². The second-order valence-electron chi connectivity index (χ2n) is 4.15. The summed E-state index contributed by atoms with van der Waals surface area (Å²) >= 11 is 7.12. The molecule has 1 saturated heterocycles. The first-order valence-corrected chi connectivity index (χ1v) is 7.00. The molecule has 1 aliphatic rings. The van der Waals surface area contributed by atoms with Gasteiger partial charge in [0.15, 0.2) is 0 Å². The van der Waals surface area contributed by atoms with Crippen LogP contribution in [0, 0.1) is 11.3 Å². The highest BCUT2D eigenvalue weighted by Gasteiger charge is 2.25. The number of halogens is 2. The molecule has 0 radical (unpaired) electrons. The van der Waals surface area contributed by atoms with Crippen molar-refractivity contribution in [3.05, 3.63) is 27.1 Å². The summed E-state index contributed by atoms with van der Waals surface area (Å²) in [7, 11) is 0. The Labute approximate surface area is 119 Å². The van der Waals surface area contributed by atoms with E-state index in [0.717, 1.165) is 39.9 Å². The maximum absolute atomic E-state index is 8.17. The maximum Gasteiger partial charge on any atom is 0.103 e. The fraction of sp³-hybridized carbons (Fsp3) is 0.417. The third kappa shape index (κ3) is 2.89. The number of anilines is 1. The molecule has 4 N–H and O–H groups in total. The lowest BCUT2D eigenvalue weighted by atomic mass is 9.98. The molecule has 1 heterocycles. The number of rotatable bonds is 1. The van der Waals surface area contributed by atoms with Crippen LogP contribution in [0.3, 0.4) is 0 Å². The molecule has 0 bridgehead atoms. The molecule has 1 aliphatic heterocycles. The van der Waals surface area contributed by atoms with Crippen LogP contribution < -0.4 is 11.1 Å². The Hall–Kier alpha value is -0.390. The lowest BCUT2D eigenvalue weighted by Gasteiger charge is -2.34. The monoisotopic (exact) mass is 361 g/mol. The zero-order valence-corrected chi connectivity index (χ0v) is 13.0. The van der Waals surface area contributed by atoms with Crippen molar-refractivity contribution in [3.63, 3.8) is 0 Å². The SMILES string of the molecule is CC1CCCN(c2c(Br)cccc2Br)C1=N.N. The number of hydrogen-bond donors (Lipinski definition) is 2. The Morgan fingerprint density at radius 3 is 2.47 bits per heavy atom. The van der Waals surface area contributed by atoms with Gasteiger partial charge in [-0.15, -0.1) is 0 Å². The number of nitrogens with one attached hydrogen (secondary N) is 1. The first-order valence-electron chi connectivity index (χ1n) is 5.41. The molecule has 1 aromatic rings. The standard InChI is InChI=1S/C12H14Br2N2.H3N/c1-8-4-3-7-16(12(8)15)11-9(13)5-2-6-10(11)14;/h2,5-6,8,15H,3-4,7H2,1H3;1H3. The Bertz CT molecular complexity index is 400. The van der Waals surface area contributed by atoms with Crippen LogP contribution in [-0.2, 0) is 0 Å². The van der Waals surface area contributed by atoms with Crippen LogP contribution in [0.4, 0.5) is 5.69 Å². The molecule has 0 amide bonds. The summed E-state index contributed by atoms with van der Waals surface area (Å²) in [6.45, 7) is 3.06. The van der Waals surface area contributed by atoms with Crippen LogP contribution >= 0.6 is 31.9 Å². The summed E-state index contributed by atoms with van der Waals surface area (Å²) in [5, 5.41) is 8.17. The normalized spacial score (nSPS) is 20.1. The van der Waals surface area contributed by atoms with Crippen molar-refractivity contribution in [3.8, 4) is 0 Å². The molecule has 3 nitrogen and oxygen atoms in total. The largest absolute Gasteiger partial charge is 0.344 e. The van der Waals surface area contributed by atoms with Crippen LogP contribution in [0.1, 0.15) is 19.8 Å². The topological polar surface area (TPSA) is 62.1 Å². The summed E-state index contributed by atoms with van der Waals surface area (Å²) in [6, 6.07) is 6.04. The van der Waals surface area contributed by atoms with E-state index >= 15 is 0 Å². The lowest BCUT2D eigenvalue weighted by Crippen LogP contribution is -2.40. The second kappa shape index (κ2) is 5.98. The van der Waals surface area contributed by atoms with Crippen LogP contribution in [0.15, 0.2) is 27.1 Å². The van der Waals surface area contributed by atoms with Gasteiger partial charge in [-0.1, -0.05) is 13.0 Å². The molecule has 0 aromatic heterocycles. The molecule has 1 fully saturated rings. The average molecular weight is 363 g/mol. The van der Waals surface area contributed by atoms with Gasteiger partial charge in [-0.05, 0) is 56.8 Å². The van der Waals surface area contributed by atoms with E-state index in [1.807, 2.05) is 18.2 Å². The average Bonchev–Trinajstić information content (AvgIpc) is 2.24. The third-order valence-corrected chi connectivity index (χ3v) is 4.26. The van der Waals surface area contributed by atoms with Crippen LogP contribution in [0.5, 0.6) is 0 Å². The van der Waals surface area contributed by atoms with Gasteiger partial charge in [0.25, 0.3) is 0 Å². The smallest absolute Gasteiger partial charge is 0.103 e. The molecule has 0 aliphatic carbocycles. The number of nitrogens with zero attached hydrogens (tertiary/aromatic N) is 1. The second-order valence-corrected chi connectivity index (χ2v) is 5.86. The fourth-order valence-corrected chi connectivity index (χ4v) is 3.48. The van der Waals surface area contributed by atoms with Crippen molar-refractivity contribution in [2.45, 2.75) is 19.8 Å². The summed E-state index contributed by atoms with van der Waals surface area (Å²) in [5.41, 5.74) is 1.08. The quantitative estimate of drug-likeness (QED) is 0.767. The summed E-state index contributed by atoms with van der Waals surface area (Å²) in [6.07, 6.45) is 2.27. The zero-order valence-electron chi connectivity index (χ0n) is 9.84. The highest BCUT2D eigenvalue weighted by atomic mass is 79.9. The van der Waals surface area contributed by atoms with Crippen molar-refractivity contribution in [2.75, 3.05) is 11.4 Å². The van der Waals surface area contributed by atoms with Crippen molar-refractivity contribution in [1.29, 1.82) is 5.41 Å². The maximum atomic E-state index is 8.17. The van der Waals surface area contributed by atoms with Gasteiger partial charge in [0.2, 0.25) is 0 Å². The van der Waals surface area contributed by atoms with Gasteiger partial charge < -0.3 is 11.1 Å². The van der Waals surface area contributed by atoms with Crippen molar-refractivity contribution in [1.82, 2.24) is 6.15 Å². The predicted octanol–water partition coefficient (Wildman–Crippen LogP) is 4.59. The van der Waals surface area contributed by atoms with Crippen LogP contribution in [0.2, 0.25) is 0 Å². The van der Waals surface area contributed by atoms with Gasteiger partial charge in [-0.25, -0.2) is 0 Å². The van der Waals surface area contributed by atoms with Gasteiger partial charge in [0.05, 0.1) is 5.69 Å². The molecule has 1 aromatic carbocycles. The Morgan fingerprint density at radius 1 is 1.29 bits per heavy atom. The number of hydrogen-bond acceptors (Lipinski definition) is 2. The van der Waals surface area contributed by atoms with Crippen molar-refractivity contribution in [2.24, 2.45) is 5.92 Å². The molecule has 94 valence electrons. The summed E-state index contributed by atoms with van der Waals surface area (Å²) in [4.78, 5) is 2.10. The highest BCUT2D eigenvalue weighted by molar-refractivity contribution is 9.11. The first-order chi connectivity index (χ1) is 7.61. The van der Waals surface area contributed by atoms with Gasteiger partial charge in [0, 0.05) is 21.4 Å². The van der Waals surface area contributed by atoms with E-state index in [1.54, 1.807) is 0 Å². The van der Waals surface area contributed by atoms with E-state index in [-0.39, 0.29) is 6.15 Å². The minimum absolute atomic E-state index is 0. The predicted molar refractivity (Wildman–Crippen MR) is 80.3 cm³/mol. The van der Waals surface area contributed by atoms with Gasteiger partial charge in [-0.3, -0.25) is 5.41 Å². The Balaban J connectivity index is 0.00000144. The Morgan fingerprint density at radius 2 is 1.88 bits per heavy atom. The van der Waals surface area contributed by atoms with E-state index < -0.39 is 0 Å². The van der Waals surface area contributed by atoms with E-state index in [1.165, 1.54) is 0 Å². The first kappa shape index (κ1) is 14.7. The zero-order chi connectivity index (χ0) is 11.7. The van der Waals surface area contributed by atoms with E-state index in [9.17, 15) is 0 Å². The molecule has 1 unspecified atom stereocenters. The number of piperidine rings is 1. The molecule has 1 atom stereocenters. The number of benzene rings is 1. The minimum atomic E-state index is 0. The molecule has 0 spiro atoms. The Kier molecular flexibility index (Phi) is 5.16. The van der Waals surface area contributed by atoms with Gasteiger partial charge in [0.1, 0.15) is 5.84 Å². The molecular formula is C12H17Br2N3. The molecule has 5 heteroatoms. The van der Waals surface area contributed by atoms with E-state index in [4.69, 9.17) is 5.41 Å². The summed E-state index contributed by atoms with van der Waals surface area (Å²) < 4.78 is 2.08. The molecule has 0 saturated carbocycles. The molecular weight excluding hydrogens is 346 g/mol. The van der Waals surface area contributed by atoms with Gasteiger partial charge >= 0.3 is 0 Å². The third-order valence-electron chi connectivity index (χ3n) is 2.98. The van der Waals surface area contributed by atoms with E-state index in [0.29, 0.717) is 5.92 Å². The molecule has 2 rings (SSSR count). The van der Waals surface area contributed by atoms with Crippen LogP contribution in [-0.4, -0.2) is 12.4 Å². The fourth-order valence-electron chi connectivity index (χ4n) is 2.06. The minimum Gasteiger partial charge on any atom is -0.344 e. The lowest BCUT2D eigenvalue weighted by molar-refractivity contribution is 0.584. The van der Waals surface area contributed by atoms with Crippen LogP contribution in [0.25, 0.3) is 0 Å². The highest BCUT2D eigenvalue weighted by Crippen LogP contribution is 2.36. The molecule has 17 heavy (non-hydrogen) atoms. The number of amidine groups is 1. The number of para-hydroxylation sites is 1. The van der Waals surface area contributed by atoms with Crippen molar-refractivity contribution < 1.29 is 0 Å². The van der Waals surface area contributed by atoms with Gasteiger partial charge in [-0.2, -0.15) is 0 Å². The van der Waals surface area contributed by atoms with E-state index in [2.05, 4.69) is 43.7 Å². The summed E-state index contributed by atoms with van der Waals surface area (Å²) in [5.74, 6) is 1.08.